The highest BCUT2D eigenvalue weighted by Gasteiger charge is 2.08. The molecule has 4 rings (SSSR count). The second-order valence-corrected chi connectivity index (χ2v) is 7.34. The molecule has 2 aromatic carbocycles. The zero-order valence-electron chi connectivity index (χ0n) is 17.8. The van der Waals surface area contributed by atoms with Gasteiger partial charge in [0.1, 0.15) is 17.9 Å². The van der Waals surface area contributed by atoms with Gasteiger partial charge in [-0.05, 0) is 61.4 Å². The third kappa shape index (κ3) is 5.32. The molecule has 32 heavy (non-hydrogen) atoms. The lowest BCUT2D eigenvalue weighted by Gasteiger charge is -2.10. The highest BCUT2D eigenvalue weighted by molar-refractivity contribution is 5.83. The van der Waals surface area contributed by atoms with E-state index in [-0.39, 0.29) is 11.6 Å². The smallest absolute Gasteiger partial charge is 0.226 e. The van der Waals surface area contributed by atoms with E-state index in [4.69, 9.17) is 4.42 Å². The second kappa shape index (κ2) is 10.1. The second-order valence-electron chi connectivity index (χ2n) is 7.34. The van der Waals surface area contributed by atoms with Crippen molar-refractivity contribution in [3.63, 3.8) is 0 Å². The molecule has 0 unspecified atom stereocenters. The lowest BCUT2D eigenvalue weighted by molar-refractivity contribution is 0.572. The minimum absolute atomic E-state index is 0.248. The minimum atomic E-state index is -0.295. The number of oxazole rings is 1. The maximum absolute atomic E-state index is 13.4. The number of rotatable bonds is 8. The van der Waals surface area contributed by atoms with Gasteiger partial charge in [0, 0.05) is 48.7 Å². The Bertz CT molecular complexity index is 1200. The zero-order valence-corrected chi connectivity index (χ0v) is 17.8. The van der Waals surface area contributed by atoms with Crippen LogP contribution in [0.5, 0.6) is 0 Å². The topological polar surface area (TPSA) is 78.2 Å². The number of aromatic nitrogens is 2. The maximum Gasteiger partial charge on any atom is 0.226 e. The van der Waals surface area contributed by atoms with E-state index in [1.165, 1.54) is 24.3 Å². The number of hydrogen-bond acceptors (Lipinski definition) is 3. The first kappa shape index (κ1) is 21.5. The summed E-state index contributed by atoms with van der Waals surface area (Å²) in [5.74, 6) is 0.646. The van der Waals surface area contributed by atoms with Gasteiger partial charge in [-0.2, -0.15) is 0 Å². The predicted octanol–water partition coefficient (Wildman–Crippen LogP) is 4.44. The van der Waals surface area contributed by atoms with Crippen LogP contribution in [0.15, 0.2) is 64.3 Å². The lowest BCUT2D eigenvalue weighted by atomic mass is 10.1. The summed E-state index contributed by atoms with van der Waals surface area (Å²) < 4.78 is 31.9. The largest absolute Gasteiger partial charge is 0.444 e. The van der Waals surface area contributed by atoms with Gasteiger partial charge >= 0.3 is 0 Å². The fraction of sp³-hybridized carbons (Fsp3) is 0.250. The fourth-order valence-corrected chi connectivity index (χ4v) is 3.45. The zero-order chi connectivity index (χ0) is 22.3. The van der Waals surface area contributed by atoms with E-state index >= 15 is 0 Å². The number of nitrogens with one attached hydrogen (secondary N) is 3. The molecule has 2 aromatic heterocycles. The lowest BCUT2D eigenvalue weighted by Crippen LogP contribution is -2.38. The number of H-pyrrole nitrogens is 1. The van der Waals surface area contributed by atoms with Crippen LogP contribution >= 0.6 is 0 Å². The molecule has 4 aromatic rings. The molecular weight excluding hydrogens is 412 g/mol. The summed E-state index contributed by atoms with van der Waals surface area (Å²) in [5, 5.41) is 7.59. The van der Waals surface area contributed by atoms with Crippen LogP contribution in [0.1, 0.15) is 18.2 Å². The molecule has 0 fully saturated rings. The Hall–Kier alpha value is -3.68. The first-order valence-corrected chi connectivity index (χ1v) is 10.6. The van der Waals surface area contributed by atoms with E-state index in [9.17, 15) is 8.78 Å². The van der Waals surface area contributed by atoms with E-state index in [1.807, 2.05) is 13.1 Å². The molecule has 6 nitrogen and oxygen atoms in total. The van der Waals surface area contributed by atoms with E-state index in [0.717, 1.165) is 46.6 Å². The Balaban J connectivity index is 1.30. The van der Waals surface area contributed by atoms with Crippen LogP contribution in [0.2, 0.25) is 0 Å². The van der Waals surface area contributed by atoms with Crippen LogP contribution in [0, 0.1) is 11.6 Å². The van der Waals surface area contributed by atoms with Crippen molar-refractivity contribution in [3.8, 4) is 11.5 Å². The third-order valence-electron chi connectivity index (χ3n) is 5.04. The number of guanidine groups is 1. The molecule has 3 N–H and O–H groups in total. The molecule has 0 saturated carbocycles. The van der Waals surface area contributed by atoms with Gasteiger partial charge in [0.05, 0.1) is 5.69 Å². The standard InChI is InChI=1S/C24H25F2N5O/c1-2-27-24(28-11-9-17-14-30-22-13-19(26)7-8-21(17)22)29-12-10-20-15-32-23(31-20)16-3-5-18(25)6-4-16/h3-8,13-15,30H,2,9-12H2,1H3,(H2,27,28,29). The molecule has 8 heteroatoms. The van der Waals surface area contributed by atoms with Crippen molar-refractivity contribution in [1.29, 1.82) is 0 Å². The summed E-state index contributed by atoms with van der Waals surface area (Å²) in [7, 11) is 0. The molecular formula is C24H25F2N5O. The first-order chi connectivity index (χ1) is 15.6. The van der Waals surface area contributed by atoms with Gasteiger partial charge in [0.15, 0.2) is 5.96 Å². The minimum Gasteiger partial charge on any atom is -0.444 e. The number of fused-ring (bicyclic) bond motifs is 1. The van der Waals surface area contributed by atoms with Crippen molar-refractivity contribution >= 4 is 16.9 Å². The quantitative estimate of drug-likeness (QED) is 0.281. The van der Waals surface area contributed by atoms with Gasteiger partial charge in [-0.3, -0.25) is 4.99 Å². The molecule has 0 spiro atoms. The molecule has 166 valence electrons. The van der Waals surface area contributed by atoms with Gasteiger partial charge in [0.25, 0.3) is 0 Å². The molecule has 0 aliphatic heterocycles. The Morgan fingerprint density at radius 1 is 1.06 bits per heavy atom. The number of halogens is 2. The highest BCUT2D eigenvalue weighted by Crippen LogP contribution is 2.20. The van der Waals surface area contributed by atoms with Crippen LogP contribution in [-0.2, 0) is 12.8 Å². The van der Waals surface area contributed by atoms with Crippen LogP contribution in [0.3, 0.4) is 0 Å². The Kier molecular flexibility index (Phi) is 6.79. The average molecular weight is 437 g/mol. The molecule has 0 saturated heterocycles. The fourth-order valence-electron chi connectivity index (χ4n) is 3.45. The molecule has 2 heterocycles. The van der Waals surface area contributed by atoms with Gasteiger partial charge in [-0.15, -0.1) is 0 Å². The molecule has 0 bridgehead atoms. The molecule has 0 aliphatic carbocycles. The van der Waals surface area contributed by atoms with Crippen molar-refractivity contribution in [2.45, 2.75) is 19.8 Å². The number of hydrogen-bond donors (Lipinski definition) is 3. The van der Waals surface area contributed by atoms with E-state index in [1.54, 1.807) is 24.5 Å². The first-order valence-electron chi connectivity index (χ1n) is 10.6. The number of aliphatic imine (C=N–C) groups is 1. The van der Waals surface area contributed by atoms with Crippen LogP contribution < -0.4 is 10.6 Å². The van der Waals surface area contributed by atoms with E-state index in [0.29, 0.717) is 25.4 Å². The number of aromatic amines is 1. The monoisotopic (exact) mass is 437 g/mol. The summed E-state index contributed by atoms with van der Waals surface area (Å²) >= 11 is 0. The van der Waals surface area contributed by atoms with Crippen molar-refractivity contribution in [2.75, 3.05) is 19.6 Å². The Morgan fingerprint density at radius 3 is 2.69 bits per heavy atom. The predicted molar refractivity (Wildman–Crippen MR) is 122 cm³/mol. The molecule has 0 amide bonds. The van der Waals surface area contributed by atoms with Crippen LogP contribution in [-0.4, -0.2) is 35.6 Å². The van der Waals surface area contributed by atoms with Crippen molar-refractivity contribution in [3.05, 3.63) is 77.8 Å². The SMILES string of the molecule is CCNC(=NCCc1coc(-c2ccc(F)cc2)n1)NCCc1c[nH]c2cc(F)ccc12. The van der Waals surface area contributed by atoms with Gasteiger partial charge < -0.3 is 20.0 Å². The Labute approximate surface area is 184 Å². The average Bonchev–Trinajstić information content (AvgIpc) is 3.41. The summed E-state index contributed by atoms with van der Waals surface area (Å²) in [6.45, 7) is 3.99. The van der Waals surface area contributed by atoms with E-state index < -0.39 is 0 Å². The van der Waals surface area contributed by atoms with E-state index in [2.05, 4.69) is 25.6 Å². The normalized spacial score (nSPS) is 11.8. The third-order valence-corrected chi connectivity index (χ3v) is 5.04. The summed E-state index contributed by atoms with van der Waals surface area (Å²) in [4.78, 5) is 12.2. The van der Waals surface area contributed by atoms with Crippen LogP contribution in [0.4, 0.5) is 8.78 Å². The van der Waals surface area contributed by atoms with Crippen molar-refractivity contribution in [1.82, 2.24) is 20.6 Å². The summed E-state index contributed by atoms with van der Waals surface area (Å²) in [5.41, 5.74) is 3.44. The van der Waals surface area contributed by atoms with Gasteiger partial charge in [0.2, 0.25) is 5.89 Å². The van der Waals surface area contributed by atoms with Crippen LogP contribution in [0.25, 0.3) is 22.4 Å². The Morgan fingerprint density at radius 2 is 1.88 bits per heavy atom. The molecule has 0 atom stereocenters. The van der Waals surface area contributed by atoms with Crippen molar-refractivity contribution < 1.29 is 13.2 Å². The number of nitrogens with zero attached hydrogens (tertiary/aromatic N) is 2. The van der Waals surface area contributed by atoms with Gasteiger partial charge in [-0.25, -0.2) is 13.8 Å². The van der Waals surface area contributed by atoms with Gasteiger partial charge in [-0.1, -0.05) is 0 Å². The number of benzene rings is 2. The van der Waals surface area contributed by atoms with Crippen molar-refractivity contribution in [2.24, 2.45) is 4.99 Å². The molecule has 0 radical (unpaired) electrons. The maximum atomic E-state index is 13.4. The summed E-state index contributed by atoms with van der Waals surface area (Å²) in [6.07, 6.45) is 4.92. The summed E-state index contributed by atoms with van der Waals surface area (Å²) in [6, 6.07) is 10.8. The molecule has 0 aliphatic rings. The highest BCUT2D eigenvalue weighted by atomic mass is 19.1.